The number of nitrogens with zero attached hydrogens (tertiary/aromatic N) is 2. The third-order valence-corrected chi connectivity index (χ3v) is 4.76. The second-order valence-corrected chi connectivity index (χ2v) is 7.10. The first-order valence-electron chi connectivity index (χ1n) is 8.77. The van der Waals surface area contributed by atoms with Crippen molar-refractivity contribution in [2.75, 3.05) is 19.0 Å². The van der Waals surface area contributed by atoms with E-state index in [1.165, 1.54) is 11.8 Å². The fourth-order valence-electron chi connectivity index (χ4n) is 2.36. The Morgan fingerprint density at radius 2 is 1.79 bits per heavy atom. The van der Waals surface area contributed by atoms with E-state index in [1.807, 2.05) is 43.3 Å². The Morgan fingerprint density at radius 3 is 2.43 bits per heavy atom. The van der Waals surface area contributed by atoms with E-state index in [1.54, 1.807) is 26.2 Å². The Hall–Kier alpha value is -3.00. The fourth-order valence-corrected chi connectivity index (χ4v) is 3.04. The minimum absolute atomic E-state index is 0.154. The number of thioether (sulfide) groups is 1. The van der Waals surface area contributed by atoms with Gasteiger partial charge in [0.2, 0.25) is 11.8 Å². The van der Waals surface area contributed by atoms with Gasteiger partial charge in [-0.2, -0.15) is 0 Å². The maximum absolute atomic E-state index is 12.4. The number of hydrogen-bond donors (Lipinski definition) is 1. The van der Waals surface area contributed by atoms with Gasteiger partial charge in [0.25, 0.3) is 5.22 Å². The Bertz CT molecular complexity index is 910. The number of carbonyl (C=O) groups is 1. The maximum atomic E-state index is 12.4. The van der Waals surface area contributed by atoms with Crippen LogP contribution in [0.4, 0.5) is 5.69 Å². The van der Waals surface area contributed by atoms with Crippen LogP contribution in [0.5, 0.6) is 11.5 Å². The molecule has 0 bridgehead atoms. The zero-order chi connectivity index (χ0) is 19.9. The van der Waals surface area contributed by atoms with Gasteiger partial charge in [-0.15, -0.1) is 10.2 Å². The van der Waals surface area contributed by atoms with Crippen molar-refractivity contribution in [2.24, 2.45) is 0 Å². The molecule has 3 aromatic rings. The predicted molar refractivity (Wildman–Crippen MR) is 108 cm³/mol. The molecular formula is C20H21N3O4S. The van der Waals surface area contributed by atoms with Gasteiger partial charge in [-0.25, -0.2) is 0 Å². The van der Waals surface area contributed by atoms with E-state index < -0.39 is 5.25 Å². The van der Waals surface area contributed by atoms with E-state index in [0.717, 1.165) is 17.1 Å². The van der Waals surface area contributed by atoms with Gasteiger partial charge in [0.1, 0.15) is 11.5 Å². The van der Waals surface area contributed by atoms with Crippen molar-refractivity contribution in [2.45, 2.75) is 24.3 Å². The lowest BCUT2D eigenvalue weighted by Crippen LogP contribution is -2.22. The second kappa shape index (κ2) is 9.27. The zero-order valence-electron chi connectivity index (χ0n) is 15.8. The smallest absolute Gasteiger partial charge is 0.277 e. The summed E-state index contributed by atoms with van der Waals surface area (Å²) >= 11 is 1.20. The quantitative estimate of drug-likeness (QED) is 0.566. The zero-order valence-corrected chi connectivity index (χ0v) is 16.7. The van der Waals surface area contributed by atoms with Crippen LogP contribution in [-0.4, -0.2) is 35.1 Å². The Morgan fingerprint density at radius 1 is 1.11 bits per heavy atom. The predicted octanol–water partition coefficient (Wildman–Crippen LogP) is 4.26. The summed E-state index contributed by atoms with van der Waals surface area (Å²) in [6.07, 6.45) is 0. The molecule has 1 amide bonds. The van der Waals surface area contributed by atoms with Crippen LogP contribution >= 0.6 is 11.8 Å². The molecule has 0 fully saturated rings. The molecule has 0 spiro atoms. The molecule has 2 aromatic carbocycles. The number of amides is 1. The van der Waals surface area contributed by atoms with E-state index in [4.69, 9.17) is 13.9 Å². The topological polar surface area (TPSA) is 86.5 Å². The summed E-state index contributed by atoms with van der Waals surface area (Å²) in [4.78, 5) is 12.4. The van der Waals surface area contributed by atoms with E-state index in [0.29, 0.717) is 23.4 Å². The monoisotopic (exact) mass is 399 g/mol. The summed E-state index contributed by atoms with van der Waals surface area (Å²) in [6.45, 7) is 4.31. The summed E-state index contributed by atoms with van der Waals surface area (Å²) in [5.74, 6) is 1.75. The van der Waals surface area contributed by atoms with E-state index >= 15 is 0 Å². The summed E-state index contributed by atoms with van der Waals surface area (Å²) < 4.78 is 16.2. The summed E-state index contributed by atoms with van der Waals surface area (Å²) in [6, 6.07) is 14.5. The van der Waals surface area contributed by atoms with Gasteiger partial charge in [-0.1, -0.05) is 11.8 Å². The molecule has 0 unspecified atom stereocenters. The molecule has 3 rings (SSSR count). The number of aromatic nitrogens is 2. The minimum Gasteiger partial charge on any atom is -0.497 e. The van der Waals surface area contributed by atoms with Gasteiger partial charge in [0.15, 0.2) is 0 Å². The number of benzene rings is 2. The molecule has 0 radical (unpaired) electrons. The lowest BCUT2D eigenvalue weighted by atomic mass is 10.2. The van der Waals surface area contributed by atoms with Crippen LogP contribution in [0.3, 0.4) is 0 Å². The third kappa shape index (κ3) is 5.04. The molecule has 0 saturated carbocycles. The molecular weight excluding hydrogens is 378 g/mol. The lowest BCUT2D eigenvalue weighted by molar-refractivity contribution is -0.115. The highest BCUT2D eigenvalue weighted by molar-refractivity contribution is 8.00. The Kier molecular flexibility index (Phi) is 6.54. The van der Waals surface area contributed by atoms with Crippen molar-refractivity contribution in [3.63, 3.8) is 0 Å². The van der Waals surface area contributed by atoms with E-state index in [9.17, 15) is 4.79 Å². The van der Waals surface area contributed by atoms with Crippen LogP contribution in [0.1, 0.15) is 13.8 Å². The summed E-state index contributed by atoms with van der Waals surface area (Å²) in [5.41, 5.74) is 1.48. The number of anilines is 1. The molecule has 1 N–H and O–H groups in total. The van der Waals surface area contributed by atoms with Crippen LogP contribution < -0.4 is 14.8 Å². The highest BCUT2D eigenvalue weighted by atomic mass is 32.2. The van der Waals surface area contributed by atoms with Gasteiger partial charge >= 0.3 is 0 Å². The third-order valence-electron chi connectivity index (χ3n) is 3.82. The van der Waals surface area contributed by atoms with Gasteiger partial charge in [0, 0.05) is 11.3 Å². The van der Waals surface area contributed by atoms with E-state index in [-0.39, 0.29) is 5.91 Å². The second-order valence-electron chi connectivity index (χ2n) is 5.81. The average Bonchev–Trinajstić information content (AvgIpc) is 3.18. The number of ether oxygens (including phenoxy) is 2. The van der Waals surface area contributed by atoms with Crippen molar-refractivity contribution in [1.29, 1.82) is 0 Å². The van der Waals surface area contributed by atoms with Crippen molar-refractivity contribution < 1.29 is 18.7 Å². The number of carbonyl (C=O) groups excluding carboxylic acids is 1. The first-order valence-corrected chi connectivity index (χ1v) is 9.65. The molecule has 28 heavy (non-hydrogen) atoms. The standard InChI is InChI=1S/C20H21N3O4S/c1-4-26-17-11-7-15(8-12-17)21-18(24)13(2)28-20-23-22-19(27-20)14-5-9-16(25-3)10-6-14/h5-13H,4H2,1-3H3,(H,21,24)/t13-/m0/s1. The molecule has 8 heteroatoms. The first-order chi connectivity index (χ1) is 13.6. The SMILES string of the molecule is CCOc1ccc(NC(=O)[C@H](C)Sc2nnc(-c3ccc(OC)cc3)o2)cc1. The van der Waals surface area contributed by atoms with Gasteiger partial charge in [-0.3, -0.25) is 4.79 Å². The number of rotatable bonds is 8. The van der Waals surface area contributed by atoms with Crippen molar-refractivity contribution in [3.05, 3.63) is 48.5 Å². The molecule has 146 valence electrons. The first kappa shape index (κ1) is 19.8. The number of hydrogen-bond acceptors (Lipinski definition) is 7. The molecule has 0 saturated heterocycles. The highest BCUT2D eigenvalue weighted by Crippen LogP contribution is 2.28. The Labute approximate surface area is 167 Å². The fraction of sp³-hybridized carbons (Fsp3) is 0.250. The lowest BCUT2D eigenvalue weighted by Gasteiger charge is -2.10. The molecule has 1 aromatic heterocycles. The highest BCUT2D eigenvalue weighted by Gasteiger charge is 2.19. The van der Waals surface area contributed by atoms with Crippen LogP contribution in [0.2, 0.25) is 0 Å². The van der Waals surface area contributed by atoms with E-state index in [2.05, 4.69) is 15.5 Å². The van der Waals surface area contributed by atoms with Crippen LogP contribution in [0.15, 0.2) is 58.2 Å². The minimum atomic E-state index is -0.407. The molecule has 7 nitrogen and oxygen atoms in total. The van der Waals surface area contributed by atoms with Gasteiger partial charge in [0.05, 0.1) is 19.0 Å². The van der Waals surface area contributed by atoms with Crippen LogP contribution in [0.25, 0.3) is 11.5 Å². The average molecular weight is 399 g/mol. The Balaban J connectivity index is 1.58. The van der Waals surface area contributed by atoms with Crippen LogP contribution in [-0.2, 0) is 4.79 Å². The normalized spacial score (nSPS) is 11.7. The molecule has 0 aliphatic rings. The van der Waals surface area contributed by atoms with Gasteiger partial charge in [-0.05, 0) is 62.4 Å². The molecule has 1 heterocycles. The molecule has 0 aliphatic heterocycles. The maximum Gasteiger partial charge on any atom is 0.277 e. The number of nitrogens with one attached hydrogen (secondary N) is 1. The van der Waals surface area contributed by atoms with Crippen molar-refractivity contribution in [3.8, 4) is 23.0 Å². The molecule has 0 aliphatic carbocycles. The summed E-state index contributed by atoms with van der Waals surface area (Å²) in [5, 5.41) is 10.8. The number of methoxy groups -OCH3 is 1. The van der Waals surface area contributed by atoms with Gasteiger partial charge < -0.3 is 19.2 Å². The van der Waals surface area contributed by atoms with Crippen LogP contribution in [0, 0.1) is 0 Å². The largest absolute Gasteiger partial charge is 0.497 e. The van der Waals surface area contributed by atoms with Crippen molar-refractivity contribution >= 4 is 23.4 Å². The summed E-state index contributed by atoms with van der Waals surface area (Å²) in [7, 11) is 1.61. The van der Waals surface area contributed by atoms with Crippen molar-refractivity contribution in [1.82, 2.24) is 10.2 Å². The molecule has 1 atom stereocenters.